The van der Waals surface area contributed by atoms with E-state index in [1.54, 1.807) is 29.2 Å². The van der Waals surface area contributed by atoms with Gasteiger partial charge >= 0.3 is 0 Å². The molecule has 5 heteroatoms. The van der Waals surface area contributed by atoms with Crippen LogP contribution in [0.15, 0.2) is 48.5 Å². The summed E-state index contributed by atoms with van der Waals surface area (Å²) in [5, 5.41) is 2.96. The van der Waals surface area contributed by atoms with Crippen molar-refractivity contribution >= 4 is 23.2 Å². The van der Waals surface area contributed by atoms with Gasteiger partial charge in [-0.15, -0.1) is 0 Å². The molecule has 2 heterocycles. The zero-order valence-corrected chi connectivity index (χ0v) is 14.0. The van der Waals surface area contributed by atoms with E-state index in [2.05, 4.69) is 5.32 Å². The molecule has 2 aliphatic heterocycles. The van der Waals surface area contributed by atoms with Crippen LogP contribution in [0, 0.1) is 5.41 Å². The number of amides is 2. The number of anilines is 2. The third-order valence-electron chi connectivity index (χ3n) is 5.40. The maximum atomic E-state index is 13.1. The van der Waals surface area contributed by atoms with E-state index in [-0.39, 0.29) is 11.8 Å². The highest BCUT2D eigenvalue weighted by molar-refractivity contribution is 6.07. The van der Waals surface area contributed by atoms with Crippen molar-refractivity contribution in [2.24, 2.45) is 5.41 Å². The number of rotatable bonds is 1. The second kappa shape index (κ2) is 5.92. The Bertz CT molecular complexity index is 831. The number of hydrogen-bond acceptors (Lipinski definition) is 3. The van der Waals surface area contributed by atoms with E-state index in [9.17, 15) is 9.59 Å². The van der Waals surface area contributed by atoms with Crippen molar-refractivity contribution in [2.75, 3.05) is 23.7 Å². The van der Waals surface area contributed by atoms with Crippen LogP contribution in [0.1, 0.15) is 28.8 Å². The van der Waals surface area contributed by atoms with E-state index in [1.165, 1.54) is 0 Å². The van der Waals surface area contributed by atoms with Gasteiger partial charge < -0.3 is 16.0 Å². The summed E-state index contributed by atoms with van der Waals surface area (Å²) in [6.07, 6.45) is 2.18. The van der Waals surface area contributed by atoms with Crippen molar-refractivity contribution in [3.63, 3.8) is 0 Å². The van der Waals surface area contributed by atoms with Gasteiger partial charge in [0.15, 0.2) is 0 Å². The number of carbonyl (C=O) groups is 2. The normalized spacial score (nSPS) is 22.4. The van der Waals surface area contributed by atoms with Gasteiger partial charge in [0.05, 0.1) is 5.41 Å². The highest BCUT2D eigenvalue weighted by Gasteiger charge is 2.45. The average Bonchev–Trinajstić information content (AvgIpc) is 2.88. The first-order valence-electron chi connectivity index (χ1n) is 8.63. The molecule has 25 heavy (non-hydrogen) atoms. The molecule has 0 radical (unpaired) electrons. The first kappa shape index (κ1) is 15.7. The van der Waals surface area contributed by atoms with Gasteiger partial charge in [0.1, 0.15) is 0 Å². The molecule has 5 nitrogen and oxygen atoms in total. The molecular formula is C20H21N3O2. The topological polar surface area (TPSA) is 75.4 Å². The summed E-state index contributed by atoms with van der Waals surface area (Å²) in [7, 11) is 0. The fraction of sp³-hybridized carbons (Fsp3) is 0.300. The van der Waals surface area contributed by atoms with Crippen molar-refractivity contribution in [1.29, 1.82) is 0 Å². The molecule has 2 amide bonds. The van der Waals surface area contributed by atoms with E-state index < -0.39 is 5.41 Å². The lowest BCUT2D eigenvalue weighted by Gasteiger charge is -2.25. The Kier molecular flexibility index (Phi) is 3.71. The zero-order chi connectivity index (χ0) is 17.4. The summed E-state index contributed by atoms with van der Waals surface area (Å²) in [5.41, 5.74) is 8.54. The Morgan fingerprint density at radius 3 is 2.56 bits per heavy atom. The first-order chi connectivity index (χ1) is 12.1. The van der Waals surface area contributed by atoms with Gasteiger partial charge in [-0.05, 0) is 55.2 Å². The van der Waals surface area contributed by atoms with Crippen molar-refractivity contribution < 1.29 is 9.59 Å². The van der Waals surface area contributed by atoms with Gasteiger partial charge in [-0.1, -0.05) is 18.2 Å². The highest BCUT2D eigenvalue weighted by atomic mass is 16.2. The van der Waals surface area contributed by atoms with Gasteiger partial charge in [-0.3, -0.25) is 9.59 Å². The average molecular weight is 335 g/mol. The number of nitrogen functional groups attached to an aromatic ring is 1. The number of para-hydroxylation sites is 1. The lowest BCUT2D eigenvalue weighted by atomic mass is 9.78. The quantitative estimate of drug-likeness (QED) is 0.786. The van der Waals surface area contributed by atoms with Crippen LogP contribution < -0.4 is 16.0 Å². The lowest BCUT2D eigenvalue weighted by Crippen LogP contribution is -2.36. The summed E-state index contributed by atoms with van der Waals surface area (Å²) in [6, 6.07) is 14.9. The first-order valence-corrected chi connectivity index (χ1v) is 8.63. The number of nitrogens with zero attached hydrogens (tertiary/aromatic N) is 1. The van der Waals surface area contributed by atoms with Crippen LogP contribution in [0.5, 0.6) is 0 Å². The molecule has 1 saturated heterocycles. The zero-order valence-electron chi connectivity index (χ0n) is 14.0. The van der Waals surface area contributed by atoms with Gasteiger partial charge in [0, 0.05) is 30.0 Å². The van der Waals surface area contributed by atoms with E-state index >= 15 is 0 Å². The van der Waals surface area contributed by atoms with Crippen molar-refractivity contribution in [2.45, 2.75) is 19.3 Å². The van der Waals surface area contributed by atoms with Crippen molar-refractivity contribution in [1.82, 2.24) is 5.32 Å². The van der Waals surface area contributed by atoms with Crippen LogP contribution in [0.3, 0.4) is 0 Å². The molecule has 0 bridgehead atoms. The van der Waals surface area contributed by atoms with E-state index in [0.717, 1.165) is 17.7 Å². The summed E-state index contributed by atoms with van der Waals surface area (Å²) < 4.78 is 0. The fourth-order valence-corrected chi connectivity index (χ4v) is 3.94. The molecule has 1 unspecified atom stereocenters. The van der Waals surface area contributed by atoms with Gasteiger partial charge in [-0.2, -0.15) is 0 Å². The number of hydrogen-bond donors (Lipinski definition) is 2. The Labute approximate surface area is 146 Å². The number of nitrogens with one attached hydrogen (secondary N) is 1. The molecule has 4 rings (SSSR count). The molecular weight excluding hydrogens is 314 g/mol. The largest absolute Gasteiger partial charge is 0.399 e. The predicted octanol–water partition coefficient (Wildman–Crippen LogP) is 2.37. The Morgan fingerprint density at radius 2 is 1.84 bits per heavy atom. The molecule has 128 valence electrons. The van der Waals surface area contributed by atoms with Crippen LogP contribution in [-0.4, -0.2) is 24.9 Å². The smallest absolute Gasteiger partial charge is 0.258 e. The van der Waals surface area contributed by atoms with Crippen LogP contribution >= 0.6 is 0 Å². The third kappa shape index (κ3) is 2.65. The number of carbonyl (C=O) groups excluding carboxylic acids is 2. The minimum atomic E-state index is -0.397. The number of fused-ring (bicyclic) bond motifs is 1. The fourth-order valence-electron chi connectivity index (χ4n) is 3.94. The minimum absolute atomic E-state index is 0.0529. The van der Waals surface area contributed by atoms with E-state index in [4.69, 9.17) is 5.73 Å². The molecule has 1 fully saturated rings. The van der Waals surface area contributed by atoms with Crippen molar-refractivity contribution in [3.8, 4) is 0 Å². The number of nitrogens with two attached hydrogens (primary N) is 1. The maximum absolute atomic E-state index is 13.1. The van der Waals surface area contributed by atoms with Gasteiger partial charge in [0.2, 0.25) is 5.91 Å². The summed E-state index contributed by atoms with van der Waals surface area (Å²) >= 11 is 0. The second-order valence-electron chi connectivity index (χ2n) is 6.92. The Balaban J connectivity index is 1.73. The van der Waals surface area contributed by atoms with Crippen LogP contribution in [0.4, 0.5) is 11.4 Å². The molecule has 0 aliphatic carbocycles. The van der Waals surface area contributed by atoms with Crippen molar-refractivity contribution in [3.05, 3.63) is 59.7 Å². The summed E-state index contributed by atoms with van der Waals surface area (Å²) in [6.45, 7) is 1.25. The van der Waals surface area contributed by atoms with Crippen LogP contribution in [0.2, 0.25) is 0 Å². The molecule has 2 aromatic carbocycles. The second-order valence-corrected chi connectivity index (χ2v) is 6.92. The minimum Gasteiger partial charge on any atom is -0.399 e. The maximum Gasteiger partial charge on any atom is 0.258 e. The standard InChI is InChI=1S/C20H21N3O2/c21-16-7-5-14(6-8-16)18(24)23-12-10-20(9-11-22-19(20)25)13-15-3-1-2-4-17(15)23/h1-8H,9-13,21H2,(H,22,25). The summed E-state index contributed by atoms with van der Waals surface area (Å²) in [5.74, 6) is 0.0620. The third-order valence-corrected chi connectivity index (χ3v) is 5.40. The SMILES string of the molecule is Nc1ccc(C(=O)N2CCC3(CCNC3=O)Cc3ccccc32)cc1. The van der Waals surface area contributed by atoms with Gasteiger partial charge in [-0.25, -0.2) is 0 Å². The van der Waals surface area contributed by atoms with Gasteiger partial charge in [0.25, 0.3) is 5.91 Å². The number of benzene rings is 2. The van der Waals surface area contributed by atoms with E-state index in [1.807, 2.05) is 24.3 Å². The monoisotopic (exact) mass is 335 g/mol. The molecule has 0 aromatic heterocycles. The molecule has 2 aromatic rings. The molecule has 2 aliphatic rings. The van der Waals surface area contributed by atoms with Crippen LogP contribution in [0.25, 0.3) is 0 Å². The molecule has 3 N–H and O–H groups in total. The Morgan fingerprint density at radius 1 is 1.08 bits per heavy atom. The molecule has 0 saturated carbocycles. The molecule has 1 atom stereocenters. The highest BCUT2D eigenvalue weighted by Crippen LogP contribution is 2.41. The van der Waals surface area contributed by atoms with E-state index in [0.29, 0.717) is 37.2 Å². The predicted molar refractivity (Wildman–Crippen MR) is 97.4 cm³/mol. The molecule has 1 spiro atoms. The lowest BCUT2D eigenvalue weighted by molar-refractivity contribution is -0.127. The Hall–Kier alpha value is -2.82. The summed E-state index contributed by atoms with van der Waals surface area (Å²) in [4.78, 5) is 27.4. The van der Waals surface area contributed by atoms with Crippen LogP contribution in [-0.2, 0) is 11.2 Å².